The van der Waals surface area contributed by atoms with E-state index in [0.717, 1.165) is 31.6 Å². The van der Waals surface area contributed by atoms with E-state index in [1.165, 1.54) is 24.2 Å². The molecule has 4 rings (SSSR count). The van der Waals surface area contributed by atoms with Crippen molar-refractivity contribution in [1.82, 2.24) is 15.1 Å². The Hall–Kier alpha value is -3.52. The third-order valence-corrected chi connectivity index (χ3v) is 7.33. The number of rotatable bonds is 8. The van der Waals surface area contributed by atoms with Gasteiger partial charge in [-0.15, -0.1) is 6.58 Å². The molecule has 0 aromatic heterocycles. The Morgan fingerprint density at radius 2 is 1.61 bits per heavy atom. The lowest BCUT2D eigenvalue weighted by Gasteiger charge is -2.37. The second kappa shape index (κ2) is 13.3. The van der Waals surface area contributed by atoms with Crippen LogP contribution in [0.15, 0.2) is 61.2 Å². The normalized spacial score (nSPS) is 16.0. The second-order valence-electron chi connectivity index (χ2n) is 9.83. The molecule has 1 aliphatic carbocycles. The fourth-order valence-corrected chi connectivity index (χ4v) is 5.09. The van der Waals surface area contributed by atoms with E-state index in [2.05, 4.69) is 22.1 Å². The van der Waals surface area contributed by atoms with E-state index in [0.29, 0.717) is 35.4 Å². The van der Waals surface area contributed by atoms with Gasteiger partial charge >= 0.3 is 6.03 Å². The number of nitrogens with zero attached hydrogens (tertiary/aromatic N) is 3. The van der Waals surface area contributed by atoms with E-state index in [9.17, 15) is 14.4 Å². The molecule has 2 aliphatic rings. The summed E-state index contributed by atoms with van der Waals surface area (Å²) >= 11 is 5.92. The Morgan fingerprint density at radius 3 is 2.24 bits per heavy atom. The molecule has 2 aromatic rings. The van der Waals surface area contributed by atoms with Crippen molar-refractivity contribution in [2.75, 3.05) is 49.5 Å². The van der Waals surface area contributed by atoms with E-state index in [1.54, 1.807) is 30.3 Å². The zero-order chi connectivity index (χ0) is 26.9. The molecule has 1 heterocycles. The number of hydrogen-bond donors (Lipinski definition) is 2. The Balaban J connectivity index is 1.25. The van der Waals surface area contributed by atoms with Gasteiger partial charge in [-0.3, -0.25) is 9.59 Å². The van der Waals surface area contributed by atoms with Crippen LogP contribution in [0.4, 0.5) is 16.2 Å². The molecule has 2 N–H and O–H groups in total. The average Bonchev–Trinajstić information content (AvgIpc) is 2.94. The van der Waals surface area contributed by atoms with E-state index in [1.807, 2.05) is 29.2 Å². The number of urea groups is 1. The first kappa shape index (κ1) is 27.5. The summed E-state index contributed by atoms with van der Waals surface area (Å²) in [6, 6.07) is 14.6. The minimum atomic E-state index is -0.292. The highest BCUT2D eigenvalue weighted by molar-refractivity contribution is 6.30. The lowest BCUT2D eigenvalue weighted by Crippen LogP contribution is -2.53. The molecule has 38 heavy (non-hydrogen) atoms. The van der Waals surface area contributed by atoms with Crippen LogP contribution in [0.5, 0.6) is 0 Å². The molecule has 2 fully saturated rings. The zero-order valence-electron chi connectivity index (χ0n) is 21.7. The summed E-state index contributed by atoms with van der Waals surface area (Å²) in [5, 5.41) is 6.61. The first-order valence-electron chi connectivity index (χ1n) is 13.3. The molecule has 1 saturated carbocycles. The highest BCUT2D eigenvalue weighted by atomic mass is 35.5. The molecule has 4 amide bonds. The third-order valence-electron chi connectivity index (χ3n) is 7.08. The van der Waals surface area contributed by atoms with Gasteiger partial charge in [-0.05, 0) is 61.4 Å². The number of amides is 4. The maximum atomic E-state index is 12.8. The number of carbonyl (C=O) groups excluding carboxylic acids is 3. The van der Waals surface area contributed by atoms with Gasteiger partial charge in [-0.2, -0.15) is 0 Å². The molecule has 0 radical (unpaired) electrons. The fraction of sp³-hybridized carbons (Fsp3) is 0.414. The SMILES string of the molecule is C=CCN(CC(=O)Nc1ccc(N2CCN(C(=O)NC3CCCCC3)CC2)cc1)C(=O)c1ccc(Cl)cc1. The Bertz CT molecular complexity index is 1110. The predicted octanol–water partition coefficient (Wildman–Crippen LogP) is 4.77. The van der Waals surface area contributed by atoms with Gasteiger partial charge in [0, 0.05) is 60.7 Å². The van der Waals surface area contributed by atoms with Crippen molar-refractivity contribution in [3.05, 3.63) is 71.8 Å². The first-order valence-corrected chi connectivity index (χ1v) is 13.7. The molecule has 0 bridgehead atoms. The Labute approximate surface area is 229 Å². The van der Waals surface area contributed by atoms with Crippen molar-refractivity contribution in [2.24, 2.45) is 0 Å². The molecular formula is C29H36ClN5O3. The van der Waals surface area contributed by atoms with Crippen LogP contribution in [-0.4, -0.2) is 73.0 Å². The quantitative estimate of drug-likeness (QED) is 0.475. The lowest BCUT2D eigenvalue weighted by atomic mass is 9.96. The molecule has 2 aromatic carbocycles. The van der Waals surface area contributed by atoms with Crippen molar-refractivity contribution >= 4 is 40.8 Å². The zero-order valence-corrected chi connectivity index (χ0v) is 22.5. The topological polar surface area (TPSA) is 85.0 Å². The molecule has 0 atom stereocenters. The molecule has 0 spiro atoms. The van der Waals surface area contributed by atoms with Crippen molar-refractivity contribution in [3.8, 4) is 0 Å². The van der Waals surface area contributed by atoms with E-state index in [-0.39, 0.29) is 30.9 Å². The van der Waals surface area contributed by atoms with Gasteiger partial charge in [-0.25, -0.2) is 4.79 Å². The largest absolute Gasteiger partial charge is 0.368 e. The summed E-state index contributed by atoms with van der Waals surface area (Å²) in [4.78, 5) is 43.8. The van der Waals surface area contributed by atoms with E-state index in [4.69, 9.17) is 11.6 Å². The van der Waals surface area contributed by atoms with Crippen LogP contribution in [-0.2, 0) is 4.79 Å². The minimum Gasteiger partial charge on any atom is -0.368 e. The lowest BCUT2D eigenvalue weighted by molar-refractivity contribution is -0.116. The summed E-state index contributed by atoms with van der Waals surface area (Å²) in [5.41, 5.74) is 2.16. The third kappa shape index (κ3) is 7.51. The van der Waals surface area contributed by atoms with Crippen LogP contribution < -0.4 is 15.5 Å². The summed E-state index contributed by atoms with van der Waals surface area (Å²) in [5.74, 6) is -0.557. The number of benzene rings is 2. The van der Waals surface area contributed by atoms with Crippen molar-refractivity contribution < 1.29 is 14.4 Å². The van der Waals surface area contributed by atoms with E-state index < -0.39 is 0 Å². The Morgan fingerprint density at radius 1 is 0.947 bits per heavy atom. The summed E-state index contributed by atoms with van der Waals surface area (Å²) in [6.45, 7) is 6.72. The molecule has 0 unspecified atom stereocenters. The second-order valence-corrected chi connectivity index (χ2v) is 10.3. The highest BCUT2D eigenvalue weighted by Crippen LogP contribution is 2.21. The smallest absolute Gasteiger partial charge is 0.317 e. The van der Waals surface area contributed by atoms with Gasteiger partial charge < -0.3 is 25.3 Å². The van der Waals surface area contributed by atoms with Crippen LogP contribution in [0.2, 0.25) is 5.02 Å². The molecule has 202 valence electrons. The highest BCUT2D eigenvalue weighted by Gasteiger charge is 2.24. The van der Waals surface area contributed by atoms with Gasteiger partial charge in [0.2, 0.25) is 5.91 Å². The number of piperazine rings is 1. The van der Waals surface area contributed by atoms with Crippen LogP contribution in [0.25, 0.3) is 0 Å². The fourth-order valence-electron chi connectivity index (χ4n) is 4.96. The van der Waals surface area contributed by atoms with Crippen LogP contribution in [0, 0.1) is 0 Å². The number of carbonyl (C=O) groups is 3. The monoisotopic (exact) mass is 537 g/mol. The van der Waals surface area contributed by atoms with Gasteiger partial charge in [0.15, 0.2) is 0 Å². The van der Waals surface area contributed by atoms with E-state index >= 15 is 0 Å². The molecular weight excluding hydrogens is 502 g/mol. The Kier molecular flexibility index (Phi) is 9.65. The average molecular weight is 538 g/mol. The standard InChI is InChI=1S/C29H36ClN5O3/c1-2-16-35(28(37)22-8-10-23(30)11-9-22)21-27(36)31-25-12-14-26(15-13-25)33-17-19-34(20-18-33)29(38)32-24-6-4-3-5-7-24/h2,8-15,24H,1,3-7,16-21H2,(H,31,36)(H,32,38). The van der Waals surface area contributed by atoms with Crippen molar-refractivity contribution in [3.63, 3.8) is 0 Å². The van der Waals surface area contributed by atoms with Crippen LogP contribution >= 0.6 is 11.6 Å². The number of anilines is 2. The van der Waals surface area contributed by atoms with Crippen molar-refractivity contribution in [2.45, 2.75) is 38.1 Å². The number of halogens is 1. The number of hydrogen-bond acceptors (Lipinski definition) is 4. The van der Waals surface area contributed by atoms with Crippen molar-refractivity contribution in [1.29, 1.82) is 0 Å². The van der Waals surface area contributed by atoms with Gasteiger partial charge in [-0.1, -0.05) is 36.9 Å². The summed E-state index contributed by atoms with van der Waals surface area (Å²) < 4.78 is 0. The van der Waals surface area contributed by atoms with Gasteiger partial charge in [0.1, 0.15) is 6.54 Å². The maximum absolute atomic E-state index is 12.8. The van der Waals surface area contributed by atoms with Crippen LogP contribution in [0.1, 0.15) is 42.5 Å². The molecule has 1 saturated heterocycles. The predicted molar refractivity (Wildman–Crippen MR) is 152 cm³/mol. The summed E-state index contributed by atoms with van der Waals surface area (Å²) in [6.07, 6.45) is 7.42. The molecule has 8 nitrogen and oxygen atoms in total. The van der Waals surface area contributed by atoms with Crippen LogP contribution in [0.3, 0.4) is 0 Å². The first-order chi connectivity index (χ1) is 18.4. The van der Waals surface area contributed by atoms with Gasteiger partial charge in [0.05, 0.1) is 0 Å². The summed E-state index contributed by atoms with van der Waals surface area (Å²) in [7, 11) is 0. The minimum absolute atomic E-state index is 0.0506. The molecule has 1 aliphatic heterocycles. The number of nitrogens with one attached hydrogen (secondary N) is 2. The maximum Gasteiger partial charge on any atom is 0.317 e. The van der Waals surface area contributed by atoms with Gasteiger partial charge in [0.25, 0.3) is 5.91 Å². The molecule has 9 heteroatoms.